The van der Waals surface area contributed by atoms with E-state index in [-0.39, 0.29) is 11.1 Å². The van der Waals surface area contributed by atoms with Gasteiger partial charge in [0, 0.05) is 10.0 Å². The minimum atomic E-state index is -0.629. The van der Waals surface area contributed by atoms with Crippen molar-refractivity contribution >= 4 is 15.9 Å². The summed E-state index contributed by atoms with van der Waals surface area (Å²) in [6.07, 6.45) is 0. The van der Waals surface area contributed by atoms with E-state index in [0.29, 0.717) is 16.6 Å². The molecule has 0 bridgehead atoms. The van der Waals surface area contributed by atoms with Crippen LogP contribution in [-0.2, 0) is 0 Å². The average Bonchev–Trinajstić information content (AvgIpc) is 2.43. The summed E-state index contributed by atoms with van der Waals surface area (Å²) in [5.41, 5.74) is 0.926. The minimum absolute atomic E-state index is 0.159. The topological polar surface area (TPSA) is 12.0 Å². The Morgan fingerprint density at radius 1 is 1.05 bits per heavy atom. The molecule has 0 aromatic heterocycles. The van der Waals surface area contributed by atoms with Crippen LogP contribution >= 0.6 is 15.9 Å². The second kappa shape index (κ2) is 6.62. The van der Waals surface area contributed by atoms with E-state index in [1.54, 1.807) is 6.07 Å². The quantitative estimate of drug-likeness (QED) is 0.822. The predicted molar refractivity (Wildman–Crippen MR) is 80.7 cm³/mol. The van der Waals surface area contributed by atoms with Gasteiger partial charge < -0.3 is 5.32 Å². The Morgan fingerprint density at radius 3 is 2.43 bits per heavy atom. The van der Waals surface area contributed by atoms with Crippen LogP contribution in [-0.4, -0.2) is 6.54 Å². The van der Waals surface area contributed by atoms with Gasteiger partial charge in [0.15, 0.2) is 0 Å². The first-order valence-electron chi connectivity index (χ1n) is 6.58. The van der Waals surface area contributed by atoms with Gasteiger partial charge in [-0.2, -0.15) is 0 Å². The lowest BCUT2D eigenvalue weighted by molar-refractivity contribution is 0.537. The summed E-state index contributed by atoms with van der Waals surface area (Å²) in [5.74, 6) is -1.43. The molecule has 1 nitrogen and oxygen atoms in total. The van der Waals surface area contributed by atoms with Crippen LogP contribution < -0.4 is 5.32 Å². The molecule has 5 heteroatoms. The van der Waals surface area contributed by atoms with Gasteiger partial charge in [0.05, 0.1) is 6.04 Å². The highest BCUT2D eigenvalue weighted by Gasteiger charge is 2.21. The monoisotopic (exact) mass is 357 g/mol. The van der Waals surface area contributed by atoms with Gasteiger partial charge in [-0.1, -0.05) is 22.9 Å². The number of aryl methyl sites for hydroxylation is 1. The molecule has 0 saturated carbocycles. The summed E-state index contributed by atoms with van der Waals surface area (Å²) in [4.78, 5) is 0. The predicted octanol–water partition coefficient (Wildman–Crippen LogP) is 4.87. The molecule has 1 N–H and O–H groups in total. The van der Waals surface area contributed by atoms with Crippen molar-refractivity contribution in [2.75, 3.05) is 6.54 Å². The number of hydrogen-bond donors (Lipinski definition) is 1. The molecule has 0 aliphatic heterocycles. The van der Waals surface area contributed by atoms with E-state index in [4.69, 9.17) is 0 Å². The van der Waals surface area contributed by atoms with Crippen LogP contribution in [0.2, 0.25) is 0 Å². The third kappa shape index (κ3) is 3.47. The van der Waals surface area contributed by atoms with Crippen LogP contribution in [0.3, 0.4) is 0 Å². The first-order valence-corrected chi connectivity index (χ1v) is 7.37. The molecule has 0 heterocycles. The normalized spacial score (nSPS) is 12.5. The number of rotatable bonds is 4. The maximum Gasteiger partial charge on any atom is 0.128 e. The molecule has 2 aromatic carbocycles. The zero-order valence-corrected chi connectivity index (χ0v) is 13.3. The number of halogens is 4. The van der Waals surface area contributed by atoms with E-state index in [1.807, 2.05) is 6.92 Å². The molecular formula is C16H15BrF3N. The number of benzene rings is 2. The molecule has 0 amide bonds. The minimum Gasteiger partial charge on any atom is -0.306 e. The van der Waals surface area contributed by atoms with Gasteiger partial charge in [-0.05, 0) is 54.9 Å². The van der Waals surface area contributed by atoms with Crippen molar-refractivity contribution < 1.29 is 13.2 Å². The van der Waals surface area contributed by atoms with Crippen LogP contribution in [0.15, 0.2) is 34.8 Å². The van der Waals surface area contributed by atoms with Gasteiger partial charge in [-0.3, -0.25) is 0 Å². The third-order valence-electron chi connectivity index (χ3n) is 3.27. The fourth-order valence-electron chi connectivity index (χ4n) is 2.21. The maximum atomic E-state index is 14.2. The number of nitrogens with one attached hydrogen (secondary N) is 1. The Balaban J connectivity index is 2.58. The maximum absolute atomic E-state index is 14.2. The Kier molecular flexibility index (Phi) is 5.06. The molecule has 1 atom stereocenters. The molecule has 0 spiro atoms. The Labute approximate surface area is 130 Å². The second-order valence-corrected chi connectivity index (χ2v) is 5.63. The summed E-state index contributed by atoms with van der Waals surface area (Å²) in [5, 5.41) is 3.07. The summed E-state index contributed by atoms with van der Waals surface area (Å²) >= 11 is 3.33. The SMILES string of the molecule is CCNC(c1cc(F)c(C)cc1F)c1cc(F)ccc1Br. The average molecular weight is 358 g/mol. The first kappa shape index (κ1) is 16.0. The fraction of sp³-hybridized carbons (Fsp3) is 0.250. The van der Waals surface area contributed by atoms with Crippen LogP contribution in [0.25, 0.3) is 0 Å². The van der Waals surface area contributed by atoms with E-state index in [9.17, 15) is 13.2 Å². The summed E-state index contributed by atoms with van der Waals surface area (Å²) in [7, 11) is 0. The Hall–Kier alpha value is -1.33. The smallest absolute Gasteiger partial charge is 0.128 e. The lowest BCUT2D eigenvalue weighted by atomic mass is 9.96. The van der Waals surface area contributed by atoms with E-state index in [0.717, 1.165) is 12.1 Å². The molecule has 112 valence electrons. The second-order valence-electron chi connectivity index (χ2n) is 4.78. The standard InChI is InChI=1S/C16H15BrF3N/c1-3-21-16(11-7-10(18)4-5-13(11)17)12-8-14(19)9(2)6-15(12)20/h4-8,16,21H,3H2,1-2H3. The van der Waals surface area contributed by atoms with Crippen LogP contribution in [0, 0.1) is 24.4 Å². The molecule has 0 aliphatic rings. The molecule has 0 radical (unpaired) electrons. The van der Waals surface area contributed by atoms with Crippen molar-refractivity contribution in [1.29, 1.82) is 0 Å². The van der Waals surface area contributed by atoms with E-state index >= 15 is 0 Å². The zero-order valence-electron chi connectivity index (χ0n) is 11.7. The molecule has 2 rings (SSSR count). The highest BCUT2D eigenvalue weighted by atomic mass is 79.9. The van der Waals surface area contributed by atoms with Gasteiger partial charge in [0.2, 0.25) is 0 Å². The van der Waals surface area contributed by atoms with Gasteiger partial charge in [-0.15, -0.1) is 0 Å². The third-order valence-corrected chi connectivity index (χ3v) is 3.99. The van der Waals surface area contributed by atoms with Crippen molar-refractivity contribution in [3.8, 4) is 0 Å². The molecule has 2 aromatic rings. The largest absolute Gasteiger partial charge is 0.306 e. The summed E-state index contributed by atoms with van der Waals surface area (Å²) < 4.78 is 42.1. The lowest BCUT2D eigenvalue weighted by Gasteiger charge is -2.21. The first-order chi connectivity index (χ1) is 9.93. The van der Waals surface area contributed by atoms with Crippen molar-refractivity contribution in [1.82, 2.24) is 5.32 Å². The summed E-state index contributed by atoms with van der Waals surface area (Å²) in [6.45, 7) is 3.88. The molecule has 0 aliphatic carbocycles. The van der Waals surface area contributed by atoms with E-state index in [2.05, 4.69) is 21.2 Å². The molecular weight excluding hydrogens is 343 g/mol. The van der Waals surface area contributed by atoms with Crippen molar-refractivity contribution in [3.63, 3.8) is 0 Å². The lowest BCUT2D eigenvalue weighted by Crippen LogP contribution is -2.24. The number of hydrogen-bond acceptors (Lipinski definition) is 1. The zero-order chi connectivity index (χ0) is 15.6. The highest BCUT2D eigenvalue weighted by Crippen LogP contribution is 2.31. The van der Waals surface area contributed by atoms with Crippen molar-refractivity contribution in [3.05, 3.63) is 68.9 Å². The molecule has 1 unspecified atom stereocenters. The summed E-state index contributed by atoms with van der Waals surface area (Å²) in [6, 6.07) is 5.86. The molecule has 0 fully saturated rings. The van der Waals surface area contributed by atoms with Crippen molar-refractivity contribution in [2.24, 2.45) is 0 Å². The van der Waals surface area contributed by atoms with Gasteiger partial charge in [-0.25, -0.2) is 13.2 Å². The van der Waals surface area contributed by atoms with Gasteiger partial charge >= 0.3 is 0 Å². The van der Waals surface area contributed by atoms with Gasteiger partial charge in [0.25, 0.3) is 0 Å². The van der Waals surface area contributed by atoms with Gasteiger partial charge in [0.1, 0.15) is 17.5 Å². The molecule has 21 heavy (non-hydrogen) atoms. The van der Waals surface area contributed by atoms with Crippen LogP contribution in [0.5, 0.6) is 0 Å². The van der Waals surface area contributed by atoms with Crippen molar-refractivity contribution in [2.45, 2.75) is 19.9 Å². The Morgan fingerprint density at radius 2 is 1.76 bits per heavy atom. The van der Waals surface area contributed by atoms with E-state index in [1.165, 1.54) is 19.1 Å². The highest BCUT2D eigenvalue weighted by molar-refractivity contribution is 9.10. The fourth-order valence-corrected chi connectivity index (χ4v) is 2.69. The van der Waals surface area contributed by atoms with E-state index < -0.39 is 23.5 Å². The van der Waals surface area contributed by atoms with Crippen LogP contribution in [0.4, 0.5) is 13.2 Å². The van der Waals surface area contributed by atoms with Crippen LogP contribution in [0.1, 0.15) is 29.7 Å². The Bertz CT molecular complexity index is 658. The molecule has 0 saturated heterocycles.